The third kappa shape index (κ3) is 2.54. The van der Waals surface area contributed by atoms with Gasteiger partial charge in [0, 0.05) is 19.6 Å². The summed E-state index contributed by atoms with van der Waals surface area (Å²) >= 11 is 0. The molecule has 2 N–H and O–H groups in total. The smallest absolute Gasteiger partial charge is 0.246 e. The number of hydrogen-bond acceptors (Lipinski definition) is 4. The molecule has 1 aromatic heterocycles. The Bertz CT molecular complexity index is 565. The van der Waals surface area contributed by atoms with Crippen molar-refractivity contribution in [1.82, 2.24) is 14.1 Å². The van der Waals surface area contributed by atoms with E-state index in [0.29, 0.717) is 48.4 Å². The molecule has 0 bridgehead atoms. The quantitative estimate of drug-likeness (QED) is 0.873. The van der Waals surface area contributed by atoms with Crippen molar-refractivity contribution in [1.29, 1.82) is 0 Å². The van der Waals surface area contributed by atoms with E-state index in [1.807, 2.05) is 0 Å². The van der Waals surface area contributed by atoms with Crippen molar-refractivity contribution in [3.8, 4) is 0 Å². The molecule has 7 heteroatoms. The van der Waals surface area contributed by atoms with Crippen LogP contribution in [0, 0.1) is 19.8 Å². The van der Waals surface area contributed by atoms with Gasteiger partial charge in [0.1, 0.15) is 4.90 Å². The predicted octanol–water partition coefficient (Wildman–Crippen LogP) is 0.489. The fourth-order valence-corrected chi connectivity index (χ4v) is 4.58. The van der Waals surface area contributed by atoms with Gasteiger partial charge in [0.25, 0.3) is 0 Å². The van der Waals surface area contributed by atoms with Gasteiger partial charge in [-0.25, -0.2) is 8.42 Å². The lowest BCUT2D eigenvalue weighted by atomic mass is 10.2. The van der Waals surface area contributed by atoms with Crippen LogP contribution in [0.1, 0.15) is 24.7 Å². The zero-order valence-corrected chi connectivity index (χ0v) is 12.6. The molecule has 6 nitrogen and oxygen atoms in total. The monoisotopic (exact) mass is 286 g/mol. The summed E-state index contributed by atoms with van der Waals surface area (Å²) in [6, 6.07) is 0. The first-order valence-electron chi connectivity index (χ1n) is 6.62. The second-order valence-electron chi connectivity index (χ2n) is 5.27. The van der Waals surface area contributed by atoms with Crippen molar-refractivity contribution < 1.29 is 8.42 Å². The van der Waals surface area contributed by atoms with Crippen LogP contribution < -0.4 is 5.73 Å². The maximum absolute atomic E-state index is 12.7. The Morgan fingerprint density at radius 3 is 2.63 bits per heavy atom. The highest BCUT2D eigenvalue weighted by atomic mass is 32.2. The first-order chi connectivity index (χ1) is 8.87. The highest BCUT2D eigenvalue weighted by Crippen LogP contribution is 2.27. The van der Waals surface area contributed by atoms with Gasteiger partial charge in [-0.2, -0.15) is 9.40 Å². The number of hydrogen-bond donors (Lipinski definition) is 1. The van der Waals surface area contributed by atoms with Gasteiger partial charge in [0.2, 0.25) is 10.0 Å². The van der Waals surface area contributed by atoms with Crippen molar-refractivity contribution in [2.24, 2.45) is 11.7 Å². The average Bonchev–Trinajstić information content (AvgIpc) is 2.85. The lowest BCUT2D eigenvalue weighted by molar-refractivity contribution is 0.463. The van der Waals surface area contributed by atoms with Crippen molar-refractivity contribution >= 4 is 10.0 Å². The second-order valence-corrected chi connectivity index (χ2v) is 7.14. The Labute approximate surface area is 114 Å². The number of rotatable bonds is 4. The van der Waals surface area contributed by atoms with Gasteiger partial charge in [-0.1, -0.05) is 6.92 Å². The molecule has 0 saturated carbocycles. The van der Waals surface area contributed by atoms with Crippen molar-refractivity contribution in [3.63, 3.8) is 0 Å². The van der Waals surface area contributed by atoms with Crippen LogP contribution in [0.4, 0.5) is 0 Å². The fraction of sp³-hybridized carbons (Fsp3) is 0.750. The molecule has 0 aliphatic carbocycles. The summed E-state index contributed by atoms with van der Waals surface area (Å²) in [7, 11) is -3.42. The summed E-state index contributed by atoms with van der Waals surface area (Å²) in [6.07, 6.45) is 0.925. The van der Waals surface area contributed by atoms with Crippen LogP contribution >= 0.6 is 0 Å². The van der Waals surface area contributed by atoms with Crippen LogP contribution in [0.25, 0.3) is 0 Å². The van der Waals surface area contributed by atoms with Crippen LogP contribution in [0.3, 0.4) is 0 Å². The minimum atomic E-state index is -3.42. The molecule has 1 unspecified atom stereocenters. The molecule has 1 fully saturated rings. The van der Waals surface area contributed by atoms with Crippen molar-refractivity contribution in [2.45, 2.75) is 38.6 Å². The van der Waals surface area contributed by atoms with E-state index in [-0.39, 0.29) is 0 Å². The largest absolute Gasteiger partial charge is 0.329 e. The van der Waals surface area contributed by atoms with E-state index in [4.69, 9.17) is 5.73 Å². The number of nitrogens with zero attached hydrogens (tertiary/aromatic N) is 3. The number of aromatic nitrogens is 2. The maximum atomic E-state index is 12.7. The third-order valence-corrected chi connectivity index (χ3v) is 5.76. The van der Waals surface area contributed by atoms with E-state index in [1.54, 1.807) is 22.8 Å². The summed E-state index contributed by atoms with van der Waals surface area (Å²) in [4.78, 5) is 0.357. The molecule has 0 aromatic carbocycles. The second kappa shape index (κ2) is 5.22. The minimum absolute atomic E-state index is 0.357. The van der Waals surface area contributed by atoms with Gasteiger partial charge >= 0.3 is 0 Å². The number of aryl methyl sites for hydroxylation is 1. The molecule has 1 atom stereocenters. The molecule has 19 heavy (non-hydrogen) atoms. The summed E-state index contributed by atoms with van der Waals surface area (Å²) in [6.45, 7) is 7.80. The molecule has 0 amide bonds. The SMILES string of the molecule is Cc1nn(CCN)c(C)c1S(=O)(=O)N1CCC(C)C1. The molecule has 2 heterocycles. The normalized spacial score (nSPS) is 21.2. The number of sulfonamides is 1. The molecule has 1 aliphatic rings. The van der Waals surface area contributed by atoms with E-state index in [2.05, 4.69) is 12.0 Å². The lowest BCUT2D eigenvalue weighted by Crippen LogP contribution is -2.29. The van der Waals surface area contributed by atoms with Gasteiger partial charge in [-0.05, 0) is 26.2 Å². The lowest BCUT2D eigenvalue weighted by Gasteiger charge is -2.16. The Morgan fingerprint density at radius 2 is 2.11 bits per heavy atom. The van der Waals surface area contributed by atoms with Gasteiger partial charge in [0.15, 0.2) is 0 Å². The molecule has 0 radical (unpaired) electrons. The standard InChI is InChI=1S/C12H22N4O2S/c1-9-4-6-15(8-9)19(17,18)12-10(2)14-16(7-5-13)11(12)3/h9H,4-8,13H2,1-3H3. The third-order valence-electron chi connectivity index (χ3n) is 3.64. The maximum Gasteiger partial charge on any atom is 0.246 e. The highest BCUT2D eigenvalue weighted by molar-refractivity contribution is 7.89. The van der Waals surface area contributed by atoms with Gasteiger partial charge < -0.3 is 5.73 Å². The van der Waals surface area contributed by atoms with Gasteiger partial charge in [-0.3, -0.25) is 4.68 Å². The van der Waals surface area contributed by atoms with Crippen LogP contribution in [-0.4, -0.2) is 42.1 Å². The molecule has 1 saturated heterocycles. The Balaban J connectivity index is 2.40. The zero-order valence-electron chi connectivity index (χ0n) is 11.8. The topological polar surface area (TPSA) is 81.2 Å². The molecule has 1 aliphatic heterocycles. The van der Waals surface area contributed by atoms with Gasteiger partial charge in [-0.15, -0.1) is 0 Å². The van der Waals surface area contributed by atoms with E-state index < -0.39 is 10.0 Å². The van der Waals surface area contributed by atoms with E-state index in [1.165, 1.54) is 0 Å². The minimum Gasteiger partial charge on any atom is -0.329 e. The van der Waals surface area contributed by atoms with Gasteiger partial charge in [0.05, 0.1) is 17.9 Å². The summed E-state index contributed by atoms with van der Waals surface area (Å²) in [5.74, 6) is 0.425. The Hall–Kier alpha value is -0.920. The van der Waals surface area contributed by atoms with E-state index in [9.17, 15) is 8.42 Å². The summed E-state index contributed by atoms with van der Waals surface area (Å²) < 4.78 is 28.6. The average molecular weight is 286 g/mol. The Morgan fingerprint density at radius 1 is 1.42 bits per heavy atom. The summed E-state index contributed by atoms with van der Waals surface area (Å²) in [5.41, 5.74) is 6.76. The molecular weight excluding hydrogens is 264 g/mol. The van der Waals surface area contributed by atoms with Crippen LogP contribution in [0.15, 0.2) is 4.90 Å². The van der Waals surface area contributed by atoms with E-state index in [0.717, 1.165) is 6.42 Å². The highest BCUT2D eigenvalue weighted by Gasteiger charge is 2.34. The van der Waals surface area contributed by atoms with Crippen LogP contribution in [-0.2, 0) is 16.6 Å². The Kier molecular flexibility index (Phi) is 3.98. The van der Waals surface area contributed by atoms with Crippen molar-refractivity contribution in [3.05, 3.63) is 11.4 Å². The molecule has 0 spiro atoms. The molecule has 2 rings (SSSR count). The fourth-order valence-electron chi connectivity index (χ4n) is 2.64. The predicted molar refractivity (Wildman–Crippen MR) is 73.3 cm³/mol. The molecule has 1 aromatic rings. The van der Waals surface area contributed by atoms with Crippen molar-refractivity contribution in [2.75, 3.05) is 19.6 Å². The molecule has 108 valence electrons. The summed E-state index contributed by atoms with van der Waals surface area (Å²) in [5, 5.41) is 4.29. The zero-order chi connectivity index (χ0) is 14.2. The number of nitrogens with two attached hydrogens (primary N) is 1. The first-order valence-corrected chi connectivity index (χ1v) is 8.06. The molecular formula is C12H22N4O2S. The van der Waals surface area contributed by atoms with Crippen LogP contribution in [0.2, 0.25) is 0 Å². The van der Waals surface area contributed by atoms with E-state index >= 15 is 0 Å². The first kappa shape index (κ1) is 14.5. The van der Waals surface area contributed by atoms with Crippen LogP contribution in [0.5, 0.6) is 0 Å².